The molecular formula is C16H20BrNO. The van der Waals surface area contributed by atoms with Gasteiger partial charge in [-0.3, -0.25) is 4.79 Å². The number of piperidine rings is 1. The van der Waals surface area contributed by atoms with Crippen LogP contribution in [0, 0.1) is 5.92 Å². The van der Waals surface area contributed by atoms with E-state index in [1.165, 1.54) is 25.7 Å². The van der Waals surface area contributed by atoms with Crippen molar-refractivity contribution >= 4 is 21.7 Å². The van der Waals surface area contributed by atoms with E-state index in [0.29, 0.717) is 30.2 Å². The van der Waals surface area contributed by atoms with E-state index in [4.69, 9.17) is 0 Å². The maximum Gasteiger partial charge on any atom is 0.137 e. The lowest BCUT2D eigenvalue weighted by Crippen LogP contribution is -2.38. The monoisotopic (exact) mass is 321 g/mol. The molecule has 1 aromatic carbocycles. The second kappa shape index (κ2) is 5.76. The van der Waals surface area contributed by atoms with Crippen LogP contribution in [-0.4, -0.2) is 17.9 Å². The summed E-state index contributed by atoms with van der Waals surface area (Å²) < 4.78 is 1.05. The van der Waals surface area contributed by atoms with Crippen LogP contribution in [0.25, 0.3) is 0 Å². The predicted octanol–water partition coefficient (Wildman–Crippen LogP) is 3.48. The molecule has 2 aliphatic heterocycles. The summed E-state index contributed by atoms with van der Waals surface area (Å²) in [7, 11) is 0. The SMILES string of the molecule is O=C(Cc1ccccc1Br)CC1CC2CCC(C1)N2. The highest BCUT2D eigenvalue weighted by molar-refractivity contribution is 9.10. The van der Waals surface area contributed by atoms with Crippen molar-refractivity contribution in [3.05, 3.63) is 34.3 Å². The third kappa shape index (κ3) is 3.26. The third-order valence-electron chi connectivity index (χ3n) is 4.43. The van der Waals surface area contributed by atoms with Gasteiger partial charge < -0.3 is 5.32 Å². The van der Waals surface area contributed by atoms with Crippen molar-refractivity contribution in [3.8, 4) is 0 Å². The highest BCUT2D eigenvalue weighted by Crippen LogP contribution is 2.33. The molecule has 3 rings (SSSR count). The Morgan fingerprint density at radius 2 is 1.89 bits per heavy atom. The molecular weight excluding hydrogens is 302 g/mol. The van der Waals surface area contributed by atoms with Gasteiger partial charge in [-0.15, -0.1) is 0 Å². The Balaban J connectivity index is 1.56. The lowest BCUT2D eigenvalue weighted by atomic mass is 9.87. The average molecular weight is 322 g/mol. The fourth-order valence-electron chi connectivity index (χ4n) is 3.59. The zero-order valence-corrected chi connectivity index (χ0v) is 12.7. The smallest absolute Gasteiger partial charge is 0.137 e. The Morgan fingerprint density at radius 1 is 1.21 bits per heavy atom. The van der Waals surface area contributed by atoms with Crippen molar-refractivity contribution < 1.29 is 4.79 Å². The molecule has 2 aliphatic rings. The largest absolute Gasteiger partial charge is 0.311 e. The van der Waals surface area contributed by atoms with E-state index in [1.54, 1.807) is 0 Å². The molecule has 2 heterocycles. The van der Waals surface area contributed by atoms with Crippen molar-refractivity contribution in [2.75, 3.05) is 0 Å². The first-order chi connectivity index (χ1) is 9.20. The first-order valence-electron chi connectivity index (χ1n) is 7.22. The lowest BCUT2D eigenvalue weighted by molar-refractivity contribution is -0.119. The van der Waals surface area contributed by atoms with Gasteiger partial charge in [-0.2, -0.15) is 0 Å². The minimum Gasteiger partial charge on any atom is -0.311 e. The zero-order valence-electron chi connectivity index (χ0n) is 11.1. The number of ketones is 1. The summed E-state index contributed by atoms with van der Waals surface area (Å²) in [6, 6.07) is 9.39. The number of rotatable bonds is 4. The minimum atomic E-state index is 0.387. The molecule has 1 N–H and O–H groups in total. The molecule has 0 radical (unpaired) electrons. The summed E-state index contributed by atoms with van der Waals surface area (Å²) in [6.45, 7) is 0. The molecule has 2 saturated heterocycles. The molecule has 2 unspecified atom stereocenters. The number of Topliss-reactive ketones (excluding diaryl/α,β-unsaturated/α-hetero) is 1. The molecule has 0 spiro atoms. The highest BCUT2D eigenvalue weighted by Gasteiger charge is 2.34. The Labute approximate surface area is 123 Å². The van der Waals surface area contributed by atoms with E-state index >= 15 is 0 Å². The average Bonchev–Trinajstić information content (AvgIpc) is 2.72. The minimum absolute atomic E-state index is 0.387. The van der Waals surface area contributed by atoms with E-state index in [0.717, 1.165) is 16.5 Å². The number of nitrogens with one attached hydrogen (secondary N) is 1. The van der Waals surface area contributed by atoms with Crippen LogP contribution in [0.5, 0.6) is 0 Å². The van der Waals surface area contributed by atoms with Gasteiger partial charge in [0.15, 0.2) is 0 Å². The number of hydrogen-bond acceptors (Lipinski definition) is 2. The van der Waals surface area contributed by atoms with Crippen LogP contribution in [0.4, 0.5) is 0 Å². The van der Waals surface area contributed by atoms with Crippen LogP contribution < -0.4 is 5.32 Å². The van der Waals surface area contributed by atoms with Gasteiger partial charge in [-0.1, -0.05) is 34.1 Å². The Hall–Kier alpha value is -0.670. The topological polar surface area (TPSA) is 29.1 Å². The fourth-order valence-corrected chi connectivity index (χ4v) is 4.02. The second-order valence-corrected chi connectivity index (χ2v) is 6.84. The van der Waals surface area contributed by atoms with Gasteiger partial charge in [0, 0.05) is 29.4 Å². The van der Waals surface area contributed by atoms with Crippen LogP contribution in [0.3, 0.4) is 0 Å². The van der Waals surface area contributed by atoms with Crippen LogP contribution in [0.2, 0.25) is 0 Å². The van der Waals surface area contributed by atoms with Gasteiger partial charge in [0.2, 0.25) is 0 Å². The molecule has 19 heavy (non-hydrogen) atoms. The molecule has 0 aromatic heterocycles. The summed E-state index contributed by atoms with van der Waals surface area (Å²) in [5.41, 5.74) is 1.12. The number of carbonyl (C=O) groups is 1. The maximum atomic E-state index is 12.2. The van der Waals surface area contributed by atoms with Crippen molar-refractivity contribution in [1.82, 2.24) is 5.32 Å². The molecule has 2 fully saturated rings. The molecule has 0 saturated carbocycles. The third-order valence-corrected chi connectivity index (χ3v) is 5.21. The van der Waals surface area contributed by atoms with Crippen molar-refractivity contribution in [1.29, 1.82) is 0 Å². The number of benzene rings is 1. The molecule has 2 atom stereocenters. The predicted molar refractivity (Wildman–Crippen MR) is 80.1 cm³/mol. The van der Waals surface area contributed by atoms with Crippen molar-refractivity contribution in [2.24, 2.45) is 5.92 Å². The standard InChI is InChI=1S/C16H20BrNO/c17-16-4-2-1-3-12(16)10-15(19)9-11-7-13-5-6-14(8-11)18-13/h1-4,11,13-14,18H,5-10H2. The Bertz CT molecular complexity index is 462. The number of carbonyl (C=O) groups excluding carboxylic acids is 1. The van der Waals surface area contributed by atoms with E-state index < -0.39 is 0 Å². The number of fused-ring (bicyclic) bond motifs is 2. The van der Waals surface area contributed by atoms with Gasteiger partial charge in [0.25, 0.3) is 0 Å². The maximum absolute atomic E-state index is 12.2. The summed E-state index contributed by atoms with van der Waals surface area (Å²) >= 11 is 3.52. The van der Waals surface area contributed by atoms with Crippen LogP contribution in [0.1, 0.15) is 37.7 Å². The van der Waals surface area contributed by atoms with Crippen LogP contribution in [0.15, 0.2) is 28.7 Å². The first-order valence-corrected chi connectivity index (χ1v) is 8.01. The van der Waals surface area contributed by atoms with Gasteiger partial charge in [0.1, 0.15) is 5.78 Å². The van der Waals surface area contributed by atoms with Crippen LogP contribution >= 0.6 is 15.9 Å². The van der Waals surface area contributed by atoms with E-state index in [2.05, 4.69) is 21.2 Å². The zero-order chi connectivity index (χ0) is 13.2. The van der Waals surface area contributed by atoms with Crippen LogP contribution in [-0.2, 0) is 11.2 Å². The lowest BCUT2D eigenvalue weighted by Gasteiger charge is -2.28. The van der Waals surface area contributed by atoms with E-state index in [-0.39, 0.29) is 0 Å². The first kappa shape index (κ1) is 13.3. The molecule has 0 aliphatic carbocycles. The van der Waals surface area contributed by atoms with E-state index in [1.807, 2.05) is 24.3 Å². The Kier molecular flexibility index (Phi) is 4.04. The summed E-state index contributed by atoms with van der Waals surface area (Å²) in [4.78, 5) is 12.2. The number of hydrogen-bond donors (Lipinski definition) is 1. The van der Waals surface area contributed by atoms with Crippen molar-refractivity contribution in [2.45, 2.75) is 50.6 Å². The van der Waals surface area contributed by atoms with Gasteiger partial charge in [-0.05, 0) is 43.2 Å². The quantitative estimate of drug-likeness (QED) is 0.919. The summed E-state index contributed by atoms with van der Waals surface area (Å²) in [5.74, 6) is 0.993. The summed E-state index contributed by atoms with van der Waals surface area (Å²) in [5, 5.41) is 3.63. The molecule has 2 nitrogen and oxygen atoms in total. The van der Waals surface area contributed by atoms with Gasteiger partial charge in [-0.25, -0.2) is 0 Å². The molecule has 1 aromatic rings. The fraction of sp³-hybridized carbons (Fsp3) is 0.562. The van der Waals surface area contributed by atoms with E-state index in [9.17, 15) is 4.79 Å². The second-order valence-electron chi connectivity index (χ2n) is 5.99. The number of halogens is 1. The molecule has 2 bridgehead atoms. The molecule has 3 heteroatoms. The van der Waals surface area contributed by atoms with Gasteiger partial charge in [0.05, 0.1) is 0 Å². The molecule has 0 amide bonds. The molecule has 102 valence electrons. The normalized spacial score (nSPS) is 29.4. The van der Waals surface area contributed by atoms with Crippen molar-refractivity contribution in [3.63, 3.8) is 0 Å². The highest BCUT2D eigenvalue weighted by atomic mass is 79.9. The summed E-state index contributed by atoms with van der Waals surface area (Å²) in [6.07, 6.45) is 6.33. The Morgan fingerprint density at radius 3 is 2.58 bits per heavy atom. The van der Waals surface area contributed by atoms with Gasteiger partial charge >= 0.3 is 0 Å².